The molecule has 6 aromatic rings. The fraction of sp³-hybridized carbons (Fsp3) is 0.271. The molecule has 7 rings (SSSR count). The SMILES string of the molecule is CNCc1cc(O)cc([C@@]2(Cc3ccc(O)c(OC)c3)C(=O)[C@H]([C@@H](O)[C@H](Cc3cc[n-]c3)Cc3ccc(O)c(OC)c3Cc3cccc4ccccc34)C=C[C@H]2O)c1. The highest BCUT2D eigenvalue weighted by Gasteiger charge is 2.52. The number of methoxy groups -OCH3 is 2. The number of benzene rings is 5. The molecule has 0 radical (unpaired) electrons. The standard InChI is InChI=1S/C48H49N2O8/c1-49-27-31-20-36(25-37(51)21-31)48(26-29-11-14-41(52)43(22-29)57-2)44(54)16-13-39(47(48)56)45(55)35(19-30-17-18-50-28-30)23-34-12-15-42(53)46(58-3)40(34)24-33-9-6-8-32-7-4-5-10-38(32)33/h4-18,20-22,25,28,35,39,44-45,49,51-55H,19,23-24,26-27H2,1-3H3/q-1/t35-,39+,44-,45+,48-/m1/s1. The third kappa shape index (κ3) is 7.91. The van der Waals surface area contributed by atoms with E-state index in [4.69, 9.17) is 9.47 Å². The van der Waals surface area contributed by atoms with Crippen LogP contribution in [0.5, 0.6) is 28.7 Å². The summed E-state index contributed by atoms with van der Waals surface area (Å²) in [5, 5.41) is 62.3. The summed E-state index contributed by atoms with van der Waals surface area (Å²) in [6, 6.07) is 29.2. The lowest BCUT2D eigenvalue weighted by molar-refractivity contribution is -0.136. The number of aliphatic hydroxyl groups is 2. The monoisotopic (exact) mass is 781 g/mol. The Morgan fingerprint density at radius 3 is 2.36 bits per heavy atom. The molecule has 0 saturated heterocycles. The summed E-state index contributed by atoms with van der Waals surface area (Å²) in [6.07, 6.45) is 5.10. The van der Waals surface area contributed by atoms with Gasteiger partial charge in [0.1, 0.15) is 5.75 Å². The van der Waals surface area contributed by atoms with Gasteiger partial charge in [-0.15, -0.1) is 0 Å². The molecule has 0 fully saturated rings. The Hall–Kier alpha value is -6.07. The number of carbonyl (C=O) groups is 1. The molecule has 10 heteroatoms. The first-order valence-corrected chi connectivity index (χ1v) is 19.4. The van der Waals surface area contributed by atoms with Crippen LogP contribution in [0.3, 0.4) is 0 Å². The van der Waals surface area contributed by atoms with Crippen molar-refractivity contribution in [3.8, 4) is 28.7 Å². The van der Waals surface area contributed by atoms with Crippen LogP contribution in [-0.2, 0) is 42.4 Å². The van der Waals surface area contributed by atoms with Crippen molar-refractivity contribution in [1.82, 2.24) is 10.3 Å². The van der Waals surface area contributed by atoms with Gasteiger partial charge in [0.05, 0.1) is 37.8 Å². The Labute approximate surface area is 338 Å². The van der Waals surface area contributed by atoms with Crippen LogP contribution in [0.2, 0.25) is 0 Å². The average molecular weight is 782 g/mol. The molecule has 300 valence electrons. The van der Waals surface area contributed by atoms with Crippen molar-refractivity contribution >= 4 is 16.6 Å². The van der Waals surface area contributed by atoms with Crippen LogP contribution in [0.25, 0.3) is 10.8 Å². The van der Waals surface area contributed by atoms with Gasteiger partial charge in [0.25, 0.3) is 0 Å². The van der Waals surface area contributed by atoms with E-state index in [1.165, 1.54) is 26.4 Å². The Morgan fingerprint density at radius 1 is 0.810 bits per heavy atom. The molecule has 0 unspecified atom stereocenters. The van der Waals surface area contributed by atoms with Crippen LogP contribution in [0, 0.1) is 11.8 Å². The summed E-state index contributed by atoms with van der Waals surface area (Å²) in [4.78, 5) is 19.7. The highest BCUT2D eigenvalue weighted by Crippen LogP contribution is 2.45. The number of aliphatic hydroxyl groups excluding tert-OH is 2. The van der Waals surface area contributed by atoms with Gasteiger partial charge in [-0.2, -0.15) is 12.4 Å². The zero-order chi connectivity index (χ0) is 41.0. The number of ketones is 1. The molecule has 58 heavy (non-hydrogen) atoms. The van der Waals surface area contributed by atoms with Gasteiger partial charge in [0.2, 0.25) is 0 Å². The first-order chi connectivity index (χ1) is 28.1. The van der Waals surface area contributed by atoms with Crippen LogP contribution >= 0.6 is 0 Å². The zero-order valence-corrected chi connectivity index (χ0v) is 32.8. The normalized spacial score (nSPS) is 18.9. The molecule has 1 aliphatic rings. The molecule has 0 aliphatic heterocycles. The molecule has 6 N–H and O–H groups in total. The summed E-state index contributed by atoms with van der Waals surface area (Å²) in [5.74, 6) is -1.65. The maximum absolute atomic E-state index is 15.4. The van der Waals surface area contributed by atoms with Gasteiger partial charge in [-0.25, -0.2) is 0 Å². The topological polar surface area (TPSA) is 163 Å². The number of rotatable bonds is 15. The van der Waals surface area contributed by atoms with E-state index in [1.807, 2.05) is 30.3 Å². The molecule has 0 spiro atoms. The summed E-state index contributed by atoms with van der Waals surface area (Å²) in [6.45, 7) is 0.393. The lowest BCUT2D eigenvalue weighted by Crippen LogP contribution is -2.55. The summed E-state index contributed by atoms with van der Waals surface area (Å²) < 4.78 is 11.2. The number of fused-ring (bicyclic) bond motifs is 1. The van der Waals surface area contributed by atoms with E-state index in [0.717, 1.165) is 33.0 Å². The quantitative estimate of drug-likeness (QED) is 0.0653. The maximum atomic E-state index is 15.4. The number of aromatic nitrogens is 1. The molecule has 1 aromatic heterocycles. The van der Waals surface area contributed by atoms with Gasteiger partial charge in [-0.1, -0.05) is 84.4 Å². The Kier molecular flexibility index (Phi) is 11.9. The number of aromatic hydroxyl groups is 3. The minimum atomic E-state index is -1.66. The largest absolute Gasteiger partial charge is 0.670 e. The van der Waals surface area contributed by atoms with Crippen LogP contribution in [0.1, 0.15) is 38.9 Å². The van der Waals surface area contributed by atoms with Crippen LogP contribution < -0.4 is 19.8 Å². The van der Waals surface area contributed by atoms with Crippen molar-refractivity contribution in [1.29, 1.82) is 0 Å². The molecular weight excluding hydrogens is 733 g/mol. The van der Waals surface area contributed by atoms with Crippen LogP contribution in [0.15, 0.2) is 122 Å². The maximum Gasteiger partial charge on any atom is 0.164 e. The average Bonchev–Trinajstić information content (AvgIpc) is 3.74. The van der Waals surface area contributed by atoms with Gasteiger partial charge in [0.15, 0.2) is 28.8 Å². The van der Waals surface area contributed by atoms with E-state index in [9.17, 15) is 25.5 Å². The number of nitrogens with one attached hydrogen (secondary N) is 1. The zero-order valence-electron chi connectivity index (χ0n) is 32.8. The first kappa shape index (κ1) is 40.1. The predicted octanol–water partition coefficient (Wildman–Crippen LogP) is 6.30. The summed E-state index contributed by atoms with van der Waals surface area (Å²) in [7, 11) is 4.73. The number of nitrogens with zero attached hydrogens (tertiary/aromatic N) is 1. The third-order valence-corrected chi connectivity index (χ3v) is 11.6. The van der Waals surface area contributed by atoms with Crippen molar-refractivity contribution in [3.05, 3.63) is 161 Å². The second-order valence-electron chi connectivity index (χ2n) is 15.2. The molecule has 0 amide bonds. The molecule has 5 aromatic carbocycles. The highest BCUT2D eigenvalue weighted by atomic mass is 16.5. The van der Waals surface area contributed by atoms with Crippen molar-refractivity contribution in [3.63, 3.8) is 0 Å². The van der Waals surface area contributed by atoms with Crippen molar-refractivity contribution in [2.75, 3.05) is 21.3 Å². The van der Waals surface area contributed by atoms with Gasteiger partial charge >= 0.3 is 0 Å². The summed E-state index contributed by atoms with van der Waals surface area (Å²) in [5.41, 5.74) is 3.56. The summed E-state index contributed by atoms with van der Waals surface area (Å²) >= 11 is 0. The number of hydrogen-bond donors (Lipinski definition) is 6. The number of phenolic OH excluding ortho intramolecular Hbond substituents is 3. The van der Waals surface area contributed by atoms with Gasteiger partial charge in [-0.05, 0) is 101 Å². The van der Waals surface area contributed by atoms with Gasteiger partial charge in [0, 0.05) is 18.5 Å². The molecule has 10 nitrogen and oxygen atoms in total. The second kappa shape index (κ2) is 17.2. The molecule has 5 atom stereocenters. The fourth-order valence-corrected chi connectivity index (χ4v) is 8.73. The molecular formula is C48H49N2O8-. The van der Waals surface area contributed by atoms with Crippen molar-refractivity contribution in [2.45, 2.75) is 49.9 Å². The smallest absolute Gasteiger partial charge is 0.164 e. The Bertz CT molecular complexity index is 2420. The van der Waals surface area contributed by atoms with Crippen LogP contribution in [-0.4, -0.2) is 64.8 Å². The number of hydrogen-bond acceptors (Lipinski definition) is 9. The van der Waals surface area contributed by atoms with E-state index in [1.54, 1.807) is 61.9 Å². The Balaban J connectivity index is 1.32. The van der Waals surface area contributed by atoms with E-state index in [-0.39, 0.29) is 29.4 Å². The minimum absolute atomic E-state index is 0.00222. The van der Waals surface area contributed by atoms with Crippen molar-refractivity contribution < 1.29 is 39.8 Å². The molecule has 0 saturated carbocycles. The number of phenols is 3. The highest BCUT2D eigenvalue weighted by molar-refractivity contribution is 5.96. The van der Waals surface area contributed by atoms with Crippen molar-refractivity contribution in [2.24, 2.45) is 11.8 Å². The van der Waals surface area contributed by atoms with E-state index < -0.39 is 35.2 Å². The lowest BCUT2D eigenvalue weighted by atomic mass is 9.60. The number of Topliss-reactive ketones (excluding diaryl/α,β-unsaturated/α-hetero) is 1. The van der Waals surface area contributed by atoms with Gasteiger partial charge < -0.3 is 45.3 Å². The van der Waals surface area contributed by atoms with E-state index in [0.29, 0.717) is 48.2 Å². The molecule has 0 bridgehead atoms. The van der Waals surface area contributed by atoms with E-state index >= 15 is 4.79 Å². The van der Waals surface area contributed by atoms with E-state index in [2.05, 4.69) is 34.6 Å². The number of carbonyl (C=O) groups excluding carboxylic acids is 1. The van der Waals surface area contributed by atoms with Crippen LogP contribution in [0.4, 0.5) is 0 Å². The second-order valence-corrected chi connectivity index (χ2v) is 15.2. The third-order valence-electron chi connectivity index (χ3n) is 11.6. The Morgan fingerprint density at radius 2 is 1.60 bits per heavy atom. The molecule has 1 aliphatic carbocycles. The number of ether oxygens (including phenoxy) is 2. The predicted molar refractivity (Wildman–Crippen MR) is 223 cm³/mol. The lowest BCUT2D eigenvalue weighted by Gasteiger charge is -2.43. The molecule has 1 heterocycles. The first-order valence-electron chi connectivity index (χ1n) is 19.4. The van der Waals surface area contributed by atoms with Gasteiger partial charge in [-0.3, -0.25) is 4.79 Å². The fourth-order valence-electron chi connectivity index (χ4n) is 8.73. The minimum Gasteiger partial charge on any atom is -0.670 e.